The van der Waals surface area contributed by atoms with Crippen molar-refractivity contribution in [2.24, 2.45) is 0 Å². The number of carbonyl (C=O) groups excluding carboxylic acids is 1. The minimum atomic E-state index is 0. The Hall–Kier alpha value is -0.570. The first kappa shape index (κ1) is 13.4. The summed E-state index contributed by atoms with van der Waals surface area (Å²) < 4.78 is 0. The first-order valence-corrected chi connectivity index (χ1v) is 5.75. The van der Waals surface area contributed by atoms with Gasteiger partial charge in [-0.3, -0.25) is 9.69 Å². The van der Waals surface area contributed by atoms with E-state index in [1.807, 2.05) is 13.8 Å². The second-order valence-electron chi connectivity index (χ2n) is 3.31. The Morgan fingerprint density at radius 1 is 1.57 bits per heavy atom. The number of rotatable bonds is 3. The molecule has 1 heterocycles. The van der Waals surface area contributed by atoms with Crippen LogP contribution in [0.25, 0.3) is 0 Å². The lowest BCUT2D eigenvalue weighted by atomic mass is 10.2. The minimum Gasteiger partial charge on any atom is -0.358 e. The highest BCUT2D eigenvalue weighted by molar-refractivity contribution is 5.81. The van der Waals surface area contributed by atoms with E-state index in [2.05, 4.69) is 17.1 Å². The van der Waals surface area contributed by atoms with Crippen LogP contribution < -0.4 is 5.32 Å². The maximum atomic E-state index is 11.3. The third kappa shape index (κ3) is 3.66. The number of likely N-dealkylation sites (N-methyl/N-ethyl adjacent to an activating group) is 1. The lowest BCUT2D eigenvalue weighted by Gasteiger charge is -2.21. The third-order valence-electron chi connectivity index (χ3n) is 2.42. The van der Waals surface area contributed by atoms with Gasteiger partial charge < -0.3 is 5.32 Å². The van der Waals surface area contributed by atoms with E-state index in [9.17, 15) is 4.79 Å². The fraction of sp³-hybridized carbons (Fsp3) is 0.909. The maximum absolute atomic E-state index is 11.3. The van der Waals surface area contributed by atoms with Crippen LogP contribution in [0.3, 0.4) is 0 Å². The monoisotopic (exact) mass is 202 g/mol. The molecule has 1 fully saturated rings. The quantitative estimate of drug-likeness (QED) is 0.758. The van der Waals surface area contributed by atoms with Crippen LogP contribution in [0.4, 0.5) is 0 Å². The zero-order valence-corrected chi connectivity index (χ0v) is 9.97. The number of likely N-dealkylation sites (tertiary alicyclic amines) is 1. The van der Waals surface area contributed by atoms with E-state index in [0.717, 1.165) is 32.4 Å². The summed E-state index contributed by atoms with van der Waals surface area (Å²) in [4.78, 5) is 13.6. The molecule has 1 unspecified atom stereocenters. The molecule has 1 atom stereocenters. The lowest BCUT2D eigenvalue weighted by Crippen LogP contribution is -2.42. The van der Waals surface area contributed by atoms with Gasteiger partial charge in [0.25, 0.3) is 0 Å². The zero-order chi connectivity index (χ0) is 11.0. The van der Waals surface area contributed by atoms with E-state index in [4.69, 9.17) is 0 Å². The molecule has 1 amide bonds. The molecule has 0 bridgehead atoms. The molecular weight excluding hydrogens is 176 g/mol. The molecule has 3 nitrogen and oxygen atoms in total. The van der Waals surface area contributed by atoms with Gasteiger partial charge in [0.1, 0.15) is 0 Å². The molecule has 1 aliphatic rings. The van der Waals surface area contributed by atoms with Crippen LogP contribution in [0.1, 0.15) is 41.5 Å². The van der Waals surface area contributed by atoms with Crippen LogP contribution in [0.5, 0.6) is 0 Å². The van der Waals surface area contributed by atoms with Gasteiger partial charge >= 0.3 is 0 Å². The summed E-state index contributed by atoms with van der Waals surface area (Å²) >= 11 is 0. The van der Waals surface area contributed by atoms with E-state index in [-0.39, 0.29) is 13.4 Å². The number of nitrogens with zero attached hydrogens (tertiary/aromatic N) is 1. The van der Waals surface area contributed by atoms with Crippen LogP contribution in [0, 0.1) is 0 Å². The highest BCUT2D eigenvalue weighted by Gasteiger charge is 2.28. The molecule has 1 rings (SSSR count). The molecule has 0 aromatic heterocycles. The molecule has 0 aromatic rings. The van der Waals surface area contributed by atoms with Gasteiger partial charge in [-0.25, -0.2) is 0 Å². The van der Waals surface area contributed by atoms with Crippen molar-refractivity contribution in [1.82, 2.24) is 10.2 Å². The highest BCUT2D eigenvalue weighted by Crippen LogP contribution is 2.16. The average Bonchev–Trinajstić information content (AvgIpc) is 2.69. The van der Waals surface area contributed by atoms with E-state index < -0.39 is 0 Å². The molecule has 1 N–H and O–H groups in total. The summed E-state index contributed by atoms with van der Waals surface area (Å²) in [5.74, 6) is 0.181. The number of carbonyl (C=O) groups is 1. The summed E-state index contributed by atoms with van der Waals surface area (Å²) in [5.41, 5.74) is 0. The summed E-state index contributed by atoms with van der Waals surface area (Å²) in [6, 6.07) is 0.148. The van der Waals surface area contributed by atoms with Crippen LogP contribution in [0.15, 0.2) is 0 Å². The van der Waals surface area contributed by atoms with Crippen molar-refractivity contribution in [2.45, 2.75) is 46.1 Å². The molecule has 0 aromatic carbocycles. The number of amides is 1. The Labute approximate surface area is 89.3 Å². The normalized spacial score (nSPS) is 21.3. The molecule has 14 heavy (non-hydrogen) atoms. The number of hydrogen-bond donors (Lipinski definition) is 1. The van der Waals surface area contributed by atoms with E-state index in [0.29, 0.717) is 0 Å². The van der Waals surface area contributed by atoms with Gasteiger partial charge in [0.05, 0.1) is 6.04 Å². The van der Waals surface area contributed by atoms with Gasteiger partial charge in [-0.1, -0.05) is 20.8 Å². The van der Waals surface area contributed by atoms with Crippen LogP contribution in [-0.4, -0.2) is 37.0 Å². The Bertz CT molecular complexity index is 165. The lowest BCUT2D eigenvalue weighted by molar-refractivity contribution is -0.124. The fourth-order valence-electron chi connectivity index (χ4n) is 1.84. The first-order chi connectivity index (χ1) is 6.79. The summed E-state index contributed by atoms with van der Waals surface area (Å²) in [5, 5.41) is 2.71. The van der Waals surface area contributed by atoms with Crippen LogP contribution in [-0.2, 0) is 4.79 Å². The average molecular weight is 202 g/mol. The first-order valence-electron chi connectivity index (χ1n) is 5.75. The minimum absolute atomic E-state index is 0. The predicted octanol–water partition coefficient (Wildman–Crippen LogP) is 1.88. The maximum Gasteiger partial charge on any atom is 0.237 e. The summed E-state index contributed by atoms with van der Waals surface area (Å²) in [7, 11) is 1.71. The number of hydrogen-bond acceptors (Lipinski definition) is 2. The van der Waals surface area contributed by atoms with Gasteiger partial charge in [-0.2, -0.15) is 0 Å². The highest BCUT2D eigenvalue weighted by atomic mass is 16.2. The summed E-state index contributed by atoms with van der Waals surface area (Å²) in [6.07, 6.45) is 3.32. The smallest absolute Gasteiger partial charge is 0.237 e. The number of nitrogens with one attached hydrogen (secondary N) is 1. The Morgan fingerprint density at radius 3 is 2.71 bits per heavy atom. The molecule has 0 aliphatic carbocycles. The molecule has 86 valence electrons. The van der Waals surface area contributed by atoms with Crippen LogP contribution in [0.2, 0.25) is 0 Å². The zero-order valence-electron chi connectivity index (χ0n) is 9.97. The Balaban J connectivity index is 0. The second kappa shape index (κ2) is 7.80. The molecular formula is C11H26N2O. The second-order valence-corrected chi connectivity index (χ2v) is 3.31. The van der Waals surface area contributed by atoms with Crippen molar-refractivity contribution in [3.63, 3.8) is 0 Å². The van der Waals surface area contributed by atoms with Gasteiger partial charge in [0.2, 0.25) is 5.91 Å². The molecule has 0 saturated carbocycles. The van der Waals surface area contributed by atoms with E-state index in [1.54, 1.807) is 7.05 Å². The fourth-order valence-corrected chi connectivity index (χ4v) is 1.84. The predicted molar refractivity (Wildman–Crippen MR) is 62.4 cm³/mol. The summed E-state index contributed by atoms with van der Waals surface area (Å²) in [6.45, 7) is 8.29. The van der Waals surface area contributed by atoms with Crippen molar-refractivity contribution < 1.29 is 6.22 Å². The van der Waals surface area contributed by atoms with Crippen LogP contribution >= 0.6 is 0 Å². The van der Waals surface area contributed by atoms with E-state index >= 15 is 0 Å². The Morgan fingerprint density at radius 2 is 2.21 bits per heavy atom. The van der Waals surface area contributed by atoms with Gasteiger partial charge in [0, 0.05) is 8.47 Å². The van der Waals surface area contributed by atoms with Gasteiger partial charge in [0.15, 0.2) is 0 Å². The standard InChI is InChI=1S/C9H18N2O.C2H6.H2/c1-3-6-11-7-4-5-8(11)9(12)10-2;1-2;/h8H,3-7H2,1-2H3,(H,10,12);1-2H3;1H. The van der Waals surface area contributed by atoms with Crippen molar-refractivity contribution in [1.29, 1.82) is 0 Å². The van der Waals surface area contributed by atoms with Crippen molar-refractivity contribution in [2.75, 3.05) is 20.1 Å². The van der Waals surface area contributed by atoms with Crippen molar-refractivity contribution >= 4 is 5.91 Å². The van der Waals surface area contributed by atoms with Crippen molar-refractivity contribution in [3.8, 4) is 0 Å². The molecule has 1 saturated heterocycles. The van der Waals surface area contributed by atoms with E-state index in [1.165, 1.54) is 0 Å². The third-order valence-corrected chi connectivity index (χ3v) is 2.42. The molecule has 3 heteroatoms. The van der Waals surface area contributed by atoms with Gasteiger partial charge in [-0.15, -0.1) is 0 Å². The topological polar surface area (TPSA) is 32.3 Å². The SMILES string of the molecule is CC.CCCN1CCCC1C(=O)NC.[HH]. The largest absolute Gasteiger partial charge is 0.358 e. The molecule has 0 spiro atoms. The van der Waals surface area contributed by atoms with Crippen molar-refractivity contribution in [3.05, 3.63) is 0 Å². The van der Waals surface area contributed by atoms with Gasteiger partial charge in [-0.05, 0) is 32.4 Å². The Kier molecular flexibility index (Phi) is 7.48. The molecule has 0 radical (unpaired) electrons. The molecule has 1 aliphatic heterocycles.